The summed E-state index contributed by atoms with van der Waals surface area (Å²) in [5, 5.41) is 8.51. The van der Waals surface area contributed by atoms with E-state index in [0.717, 1.165) is 0 Å². The third kappa shape index (κ3) is 7.31. The molecule has 1 heterocycles. The average molecular weight is 505 g/mol. The van der Waals surface area contributed by atoms with Crippen molar-refractivity contribution in [2.75, 3.05) is 17.2 Å². The van der Waals surface area contributed by atoms with Gasteiger partial charge in [0.1, 0.15) is 5.69 Å². The number of anilines is 2. The van der Waals surface area contributed by atoms with Gasteiger partial charge < -0.3 is 26.7 Å². The number of nitrogens with zero attached hydrogens (tertiary/aromatic N) is 1. The van der Waals surface area contributed by atoms with Crippen molar-refractivity contribution in [1.29, 1.82) is 0 Å². The Kier molecular flexibility index (Phi) is 9.19. The van der Waals surface area contributed by atoms with Crippen molar-refractivity contribution in [2.24, 2.45) is 5.73 Å². The van der Waals surface area contributed by atoms with Gasteiger partial charge in [0.25, 0.3) is 17.7 Å². The fourth-order valence-corrected chi connectivity index (χ4v) is 3.12. The van der Waals surface area contributed by atoms with E-state index in [1.807, 2.05) is 13.8 Å². The number of rotatable bonds is 8. The second-order valence-corrected chi connectivity index (χ2v) is 8.49. The summed E-state index contributed by atoms with van der Waals surface area (Å²) in [5.74, 6) is -1.34. The molecule has 0 spiro atoms. The molecule has 0 saturated carbocycles. The van der Waals surface area contributed by atoms with E-state index in [4.69, 9.17) is 17.3 Å². The fraction of sp³-hybridized carbons (Fsp3) is 0.217. The molecule has 180 valence electrons. The maximum Gasteiger partial charge on any atom is 0.276 e. The zero-order valence-electron chi connectivity index (χ0n) is 18.6. The maximum atomic E-state index is 12.6. The van der Waals surface area contributed by atoms with E-state index < -0.39 is 17.4 Å². The lowest BCUT2D eigenvalue weighted by Gasteiger charge is -2.18. The van der Waals surface area contributed by atoms with Gasteiger partial charge in [-0.25, -0.2) is 4.98 Å². The molecule has 0 unspecified atom stereocenters. The number of nitrogens with one attached hydrogen (secondary N) is 4. The van der Waals surface area contributed by atoms with Gasteiger partial charge in [0.15, 0.2) is 5.69 Å². The third-order valence-corrected chi connectivity index (χ3v) is 4.99. The van der Waals surface area contributed by atoms with Crippen LogP contribution in [0, 0.1) is 0 Å². The Labute approximate surface area is 208 Å². The molecule has 1 aromatic heterocycles. The average Bonchev–Trinajstić information content (AvgIpc) is 3.25. The number of hydrogen-bond acceptors (Lipinski definition) is 5. The van der Waals surface area contributed by atoms with Gasteiger partial charge in [-0.15, -0.1) is 12.4 Å². The third-order valence-electron chi connectivity index (χ3n) is 4.66. The highest BCUT2D eigenvalue weighted by molar-refractivity contribution is 6.34. The van der Waals surface area contributed by atoms with Crippen molar-refractivity contribution < 1.29 is 14.4 Å². The molecule has 0 radical (unpaired) electrons. The van der Waals surface area contributed by atoms with Crippen LogP contribution in [-0.4, -0.2) is 39.8 Å². The van der Waals surface area contributed by atoms with Crippen LogP contribution in [0.3, 0.4) is 0 Å². The zero-order valence-corrected chi connectivity index (χ0v) is 20.2. The second-order valence-electron chi connectivity index (χ2n) is 8.09. The predicted octanol–water partition coefficient (Wildman–Crippen LogP) is 3.85. The van der Waals surface area contributed by atoms with Crippen molar-refractivity contribution in [2.45, 2.75) is 25.8 Å². The normalized spacial score (nSPS) is 10.7. The summed E-state index contributed by atoms with van der Waals surface area (Å²) in [6.45, 7) is 4.09. The van der Waals surface area contributed by atoms with Crippen LogP contribution < -0.4 is 21.7 Å². The van der Waals surface area contributed by atoms with Crippen molar-refractivity contribution >= 4 is 53.1 Å². The van der Waals surface area contributed by atoms with Crippen LogP contribution in [0.25, 0.3) is 0 Å². The number of carbonyl (C=O) groups is 3. The minimum atomic E-state index is -0.548. The smallest absolute Gasteiger partial charge is 0.276 e. The molecule has 0 aliphatic heterocycles. The molecule has 3 aromatic rings. The summed E-state index contributed by atoms with van der Waals surface area (Å²) in [4.78, 5) is 44.1. The lowest BCUT2D eigenvalue weighted by Crippen LogP contribution is -2.37. The number of imidazole rings is 1. The Morgan fingerprint density at radius 3 is 2.15 bits per heavy atom. The SMILES string of the molecule is CC(C)(N)CCNC(=O)c1[nH]cnc1C(=O)Nc1ccc(NC(=O)c2ccccc2Cl)cc1.Cl. The van der Waals surface area contributed by atoms with Gasteiger partial charge in [-0.1, -0.05) is 23.7 Å². The van der Waals surface area contributed by atoms with Gasteiger partial charge in [0.05, 0.1) is 16.9 Å². The Morgan fingerprint density at radius 2 is 1.56 bits per heavy atom. The summed E-state index contributed by atoms with van der Waals surface area (Å²) in [5.41, 5.74) is 6.88. The van der Waals surface area contributed by atoms with Crippen molar-refractivity contribution in [3.63, 3.8) is 0 Å². The highest BCUT2D eigenvalue weighted by Gasteiger charge is 2.21. The van der Waals surface area contributed by atoms with Crippen LogP contribution >= 0.6 is 24.0 Å². The molecular formula is C23H26Cl2N6O3. The van der Waals surface area contributed by atoms with Gasteiger partial charge in [-0.3, -0.25) is 14.4 Å². The highest BCUT2D eigenvalue weighted by atomic mass is 35.5. The number of halogens is 2. The molecule has 0 aliphatic rings. The summed E-state index contributed by atoms with van der Waals surface area (Å²) in [6.07, 6.45) is 1.86. The number of carbonyl (C=O) groups excluding carboxylic acids is 3. The number of nitrogens with two attached hydrogens (primary N) is 1. The highest BCUT2D eigenvalue weighted by Crippen LogP contribution is 2.19. The molecule has 0 bridgehead atoms. The molecule has 34 heavy (non-hydrogen) atoms. The van der Waals surface area contributed by atoms with E-state index in [0.29, 0.717) is 34.9 Å². The van der Waals surface area contributed by atoms with E-state index in [9.17, 15) is 14.4 Å². The topological polar surface area (TPSA) is 142 Å². The van der Waals surface area contributed by atoms with E-state index in [1.54, 1.807) is 48.5 Å². The van der Waals surface area contributed by atoms with Gasteiger partial charge >= 0.3 is 0 Å². The van der Waals surface area contributed by atoms with Crippen LogP contribution in [0.1, 0.15) is 51.6 Å². The molecule has 11 heteroatoms. The molecule has 6 N–H and O–H groups in total. The number of benzene rings is 2. The van der Waals surface area contributed by atoms with Crippen molar-refractivity contribution in [3.8, 4) is 0 Å². The van der Waals surface area contributed by atoms with Crippen LogP contribution in [0.4, 0.5) is 11.4 Å². The van der Waals surface area contributed by atoms with E-state index in [2.05, 4.69) is 25.9 Å². The number of hydrogen-bond donors (Lipinski definition) is 5. The first kappa shape index (κ1) is 26.8. The predicted molar refractivity (Wildman–Crippen MR) is 135 cm³/mol. The molecule has 2 aromatic carbocycles. The minimum absolute atomic E-state index is 0. The first-order valence-electron chi connectivity index (χ1n) is 10.2. The van der Waals surface area contributed by atoms with Crippen LogP contribution in [0.15, 0.2) is 54.9 Å². The first-order valence-corrected chi connectivity index (χ1v) is 10.6. The van der Waals surface area contributed by atoms with Gasteiger partial charge in [-0.2, -0.15) is 0 Å². The van der Waals surface area contributed by atoms with E-state index in [-0.39, 0.29) is 29.7 Å². The van der Waals surface area contributed by atoms with Gasteiger partial charge in [0.2, 0.25) is 0 Å². The second kappa shape index (κ2) is 11.6. The largest absolute Gasteiger partial charge is 0.351 e. The Morgan fingerprint density at radius 1 is 0.971 bits per heavy atom. The molecular weight excluding hydrogens is 479 g/mol. The lowest BCUT2D eigenvalue weighted by atomic mass is 10.0. The summed E-state index contributed by atoms with van der Waals surface area (Å²) >= 11 is 6.05. The van der Waals surface area contributed by atoms with Gasteiger partial charge in [-0.05, 0) is 56.7 Å². The van der Waals surface area contributed by atoms with Crippen LogP contribution in [0.5, 0.6) is 0 Å². The monoisotopic (exact) mass is 504 g/mol. The number of aromatic amines is 1. The summed E-state index contributed by atoms with van der Waals surface area (Å²) in [7, 11) is 0. The summed E-state index contributed by atoms with van der Waals surface area (Å²) in [6, 6.07) is 13.2. The van der Waals surface area contributed by atoms with E-state index in [1.165, 1.54) is 6.33 Å². The molecule has 0 aliphatic carbocycles. The lowest BCUT2D eigenvalue weighted by molar-refractivity contribution is 0.0933. The Balaban J connectivity index is 0.00000408. The molecule has 0 saturated heterocycles. The van der Waals surface area contributed by atoms with Crippen molar-refractivity contribution in [1.82, 2.24) is 15.3 Å². The molecule has 0 fully saturated rings. The maximum absolute atomic E-state index is 12.6. The fourth-order valence-electron chi connectivity index (χ4n) is 2.90. The van der Waals surface area contributed by atoms with Gasteiger partial charge in [0, 0.05) is 23.5 Å². The first-order chi connectivity index (χ1) is 15.6. The zero-order chi connectivity index (χ0) is 24.0. The van der Waals surface area contributed by atoms with Crippen LogP contribution in [-0.2, 0) is 0 Å². The Hall–Kier alpha value is -3.40. The molecule has 3 amide bonds. The number of amides is 3. The minimum Gasteiger partial charge on any atom is -0.351 e. The molecule has 3 rings (SSSR count). The quantitative estimate of drug-likeness (QED) is 0.316. The number of H-pyrrole nitrogens is 1. The van der Waals surface area contributed by atoms with Crippen molar-refractivity contribution in [3.05, 3.63) is 76.8 Å². The standard InChI is InChI=1S/C23H25ClN6O3.ClH/c1-23(2,25)11-12-26-21(32)18-19(28-13-27-18)22(33)30-15-9-7-14(8-10-15)29-20(31)16-5-3-4-6-17(16)24;/h3-10,13H,11-12,25H2,1-2H3,(H,26,32)(H,27,28)(H,29,31)(H,30,33);1H. The van der Waals surface area contributed by atoms with Crippen LogP contribution in [0.2, 0.25) is 5.02 Å². The Bertz CT molecular complexity index is 1160. The summed E-state index contributed by atoms with van der Waals surface area (Å²) < 4.78 is 0. The number of aromatic nitrogens is 2. The molecule has 9 nitrogen and oxygen atoms in total. The molecule has 0 atom stereocenters. The van der Waals surface area contributed by atoms with E-state index >= 15 is 0 Å².